The van der Waals surface area contributed by atoms with Crippen LogP contribution in [0.3, 0.4) is 0 Å². The van der Waals surface area contributed by atoms with Crippen LogP contribution in [0.4, 0.5) is 4.39 Å². The molecule has 5 heteroatoms. The molecule has 0 aliphatic heterocycles. The first kappa shape index (κ1) is 12.0. The summed E-state index contributed by atoms with van der Waals surface area (Å²) in [5, 5.41) is 3.56. The lowest BCUT2D eigenvalue weighted by Gasteiger charge is -2.14. The van der Waals surface area contributed by atoms with Gasteiger partial charge in [-0.15, -0.1) is 0 Å². The van der Waals surface area contributed by atoms with Gasteiger partial charge in [-0.1, -0.05) is 31.9 Å². The van der Waals surface area contributed by atoms with Crippen LogP contribution in [0.25, 0.3) is 0 Å². The van der Waals surface area contributed by atoms with Crippen LogP contribution in [-0.2, 0) is 0 Å². The number of benzene rings is 1. The van der Waals surface area contributed by atoms with E-state index in [1.807, 2.05) is 0 Å². The molecule has 1 aliphatic rings. The van der Waals surface area contributed by atoms with E-state index in [9.17, 15) is 9.18 Å². The molecule has 0 heterocycles. The SMILES string of the molecule is O=C(NC1(CBr)CC1)c1cc(Br)ccc1F. The zero-order valence-corrected chi connectivity index (χ0v) is 11.6. The summed E-state index contributed by atoms with van der Waals surface area (Å²) in [6, 6.07) is 4.35. The third-order valence-corrected chi connectivity index (χ3v) is 4.23. The molecule has 86 valence electrons. The van der Waals surface area contributed by atoms with Crippen LogP contribution < -0.4 is 5.32 Å². The fourth-order valence-corrected chi connectivity index (χ4v) is 2.48. The molecule has 1 amide bonds. The predicted octanol–water partition coefficient (Wildman–Crippen LogP) is 3.25. The van der Waals surface area contributed by atoms with E-state index in [0.29, 0.717) is 9.80 Å². The predicted molar refractivity (Wildman–Crippen MR) is 67.3 cm³/mol. The Kier molecular flexibility index (Phi) is 3.35. The Morgan fingerprint density at radius 1 is 1.50 bits per heavy atom. The Labute approximate surface area is 110 Å². The minimum absolute atomic E-state index is 0.0848. The lowest BCUT2D eigenvalue weighted by Crippen LogP contribution is -2.38. The van der Waals surface area contributed by atoms with Crippen LogP contribution in [0.2, 0.25) is 0 Å². The van der Waals surface area contributed by atoms with Gasteiger partial charge in [-0.3, -0.25) is 4.79 Å². The summed E-state index contributed by atoms with van der Waals surface area (Å²) in [5.41, 5.74) is -0.0761. The van der Waals surface area contributed by atoms with E-state index < -0.39 is 5.82 Å². The number of alkyl halides is 1. The van der Waals surface area contributed by atoms with Gasteiger partial charge in [0, 0.05) is 9.80 Å². The Bertz CT molecular complexity index is 432. The zero-order valence-electron chi connectivity index (χ0n) is 8.40. The van der Waals surface area contributed by atoms with Crippen molar-refractivity contribution in [3.05, 3.63) is 34.1 Å². The van der Waals surface area contributed by atoms with Crippen LogP contribution in [0, 0.1) is 5.82 Å². The molecule has 0 aromatic heterocycles. The minimum Gasteiger partial charge on any atom is -0.346 e. The standard InChI is InChI=1S/C11H10Br2FNO/c12-6-11(3-4-11)15-10(16)8-5-7(13)1-2-9(8)14/h1-2,5H,3-4,6H2,(H,15,16). The number of nitrogens with one attached hydrogen (secondary N) is 1. The largest absolute Gasteiger partial charge is 0.346 e. The summed E-state index contributed by atoms with van der Waals surface area (Å²) in [4.78, 5) is 11.8. The maximum absolute atomic E-state index is 13.4. The number of hydrogen-bond acceptors (Lipinski definition) is 1. The van der Waals surface area contributed by atoms with Crippen LogP contribution in [0.1, 0.15) is 23.2 Å². The molecule has 1 fully saturated rings. The van der Waals surface area contributed by atoms with Crippen LogP contribution in [-0.4, -0.2) is 16.8 Å². The highest BCUT2D eigenvalue weighted by molar-refractivity contribution is 9.10. The molecule has 0 unspecified atom stereocenters. The smallest absolute Gasteiger partial charge is 0.254 e. The molecular formula is C11H10Br2FNO. The van der Waals surface area contributed by atoms with Crippen LogP contribution in [0.15, 0.2) is 22.7 Å². The van der Waals surface area contributed by atoms with Gasteiger partial charge in [-0.25, -0.2) is 4.39 Å². The van der Waals surface area contributed by atoms with Gasteiger partial charge in [-0.2, -0.15) is 0 Å². The van der Waals surface area contributed by atoms with E-state index in [2.05, 4.69) is 37.2 Å². The Morgan fingerprint density at radius 2 is 2.19 bits per heavy atom. The second-order valence-electron chi connectivity index (χ2n) is 3.99. The van der Waals surface area contributed by atoms with E-state index in [4.69, 9.17) is 0 Å². The highest BCUT2D eigenvalue weighted by Gasteiger charge is 2.43. The first-order valence-corrected chi connectivity index (χ1v) is 6.81. The fraction of sp³-hybridized carbons (Fsp3) is 0.364. The lowest BCUT2D eigenvalue weighted by atomic mass is 10.2. The summed E-state index contributed by atoms with van der Waals surface area (Å²) in [5.74, 6) is -0.846. The van der Waals surface area contributed by atoms with Crippen molar-refractivity contribution in [2.24, 2.45) is 0 Å². The van der Waals surface area contributed by atoms with E-state index >= 15 is 0 Å². The third-order valence-electron chi connectivity index (χ3n) is 2.66. The number of carbonyl (C=O) groups excluding carboxylic acids is 1. The number of amides is 1. The molecule has 1 aromatic rings. The van der Waals surface area contributed by atoms with Gasteiger partial charge in [0.1, 0.15) is 5.82 Å². The number of halogens is 3. The molecule has 0 saturated heterocycles. The van der Waals surface area contributed by atoms with Crippen molar-refractivity contribution in [3.8, 4) is 0 Å². The van der Waals surface area contributed by atoms with Gasteiger partial charge < -0.3 is 5.32 Å². The second kappa shape index (κ2) is 4.45. The Morgan fingerprint density at radius 3 is 2.75 bits per heavy atom. The molecule has 0 spiro atoms. The van der Waals surface area contributed by atoms with Crippen molar-refractivity contribution >= 4 is 37.8 Å². The van der Waals surface area contributed by atoms with Crippen molar-refractivity contribution in [2.45, 2.75) is 18.4 Å². The van der Waals surface area contributed by atoms with Gasteiger partial charge in [0.2, 0.25) is 0 Å². The van der Waals surface area contributed by atoms with E-state index in [-0.39, 0.29) is 17.0 Å². The van der Waals surface area contributed by atoms with Gasteiger partial charge in [0.15, 0.2) is 0 Å². The van der Waals surface area contributed by atoms with Crippen LogP contribution in [0.5, 0.6) is 0 Å². The molecule has 0 bridgehead atoms. The van der Waals surface area contributed by atoms with Crippen molar-refractivity contribution in [1.82, 2.24) is 5.32 Å². The third kappa shape index (κ3) is 2.46. The lowest BCUT2D eigenvalue weighted by molar-refractivity contribution is 0.0932. The molecule has 1 aliphatic carbocycles. The van der Waals surface area contributed by atoms with Gasteiger partial charge in [0.05, 0.1) is 11.1 Å². The first-order valence-electron chi connectivity index (χ1n) is 4.90. The van der Waals surface area contributed by atoms with Gasteiger partial charge in [0.25, 0.3) is 5.91 Å². The zero-order chi connectivity index (χ0) is 11.8. The summed E-state index contributed by atoms with van der Waals surface area (Å²) in [6.07, 6.45) is 1.89. The second-order valence-corrected chi connectivity index (χ2v) is 5.47. The highest BCUT2D eigenvalue weighted by atomic mass is 79.9. The molecule has 2 rings (SSSR count). The van der Waals surface area contributed by atoms with Crippen molar-refractivity contribution in [1.29, 1.82) is 0 Å². The summed E-state index contributed by atoms with van der Waals surface area (Å²) in [7, 11) is 0. The molecule has 0 atom stereocenters. The van der Waals surface area contributed by atoms with Crippen molar-refractivity contribution in [2.75, 3.05) is 5.33 Å². The molecule has 2 nitrogen and oxygen atoms in total. The normalized spacial score (nSPS) is 16.9. The van der Waals surface area contributed by atoms with Crippen molar-refractivity contribution < 1.29 is 9.18 Å². The average molecular weight is 351 g/mol. The monoisotopic (exact) mass is 349 g/mol. The Hall–Kier alpha value is -0.420. The van der Waals surface area contributed by atoms with Crippen molar-refractivity contribution in [3.63, 3.8) is 0 Å². The first-order chi connectivity index (χ1) is 7.56. The topological polar surface area (TPSA) is 29.1 Å². The number of carbonyl (C=O) groups is 1. The molecule has 0 radical (unpaired) electrons. The van der Waals surface area contributed by atoms with E-state index in [0.717, 1.165) is 12.8 Å². The molecule has 1 N–H and O–H groups in total. The molecular weight excluding hydrogens is 341 g/mol. The molecule has 16 heavy (non-hydrogen) atoms. The summed E-state index contributed by atoms with van der Waals surface area (Å²) >= 11 is 6.57. The number of rotatable bonds is 3. The highest BCUT2D eigenvalue weighted by Crippen LogP contribution is 2.37. The van der Waals surface area contributed by atoms with Gasteiger partial charge >= 0.3 is 0 Å². The molecule has 1 saturated carbocycles. The Balaban J connectivity index is 2.17. The summed E-state index contributed by atoms with van der Waals surface area (Å²) in [6.45, 7) is 0. The summed E-state index contributed by atoms with van der Waals surface area (Å²) < 4.78 is 14.1. The van der Waals surface area contributed by atoms with E-state index in [1.165, 1.54) is 12.1 Å². The number of hydrogen-bond donors (Lipinski definition) is 1. The quantitative estimate of drug-likeness (QED) is 0.833. The maximum Gasteiger partial charge on any atom is 0.254 e. The maximum atomic E-state index is 13.4. The van der Waals surface area contributed by atoms with Crippen LogP contribution >= 0.6 is 31.9 Å². The molecule has 1 aromatic carbocycles. The fourth-order valence-electron chi connectivity index (χ4n) is 1.42. The average Bonchev–Trinajstić information content (AvgIpc) is 3.02. The minimum atomic E-state index is -0.494. The van der Waals surface area contributed by atoms with E-state index in [1.54, 1.807) is 6.07 Å². The van der Waals surface area contributed by atoms with Gasteiger partial charge in [-0.05, 0) is 31.0 Å².